The zero-order valence-electron chi connectivity index (χ0n) is 9.07. The molecule has 0 aliphatic carbocycles. The van der Waals surface area contributed by atoms with Crippen LogP contribution in [0.4, 0.5) is 0 Å². The first-order valence-electron chi connectivity index (χ1n) is 4.82. The van der Waals surface area contributed by atoms with Gasteiger partial charge in [0.2, 0.25) is 0 Å². The smallest absolute Gasteiger partial charge is 0.358 e. The number of rotatable bonds is 4. The number of carboxylic acid groups (broad SMARTS) is 1. The van der Waals surface area contributed by atoms with E-state index < -0.39 is 5.97 Å². The van der Waals surface area contributed by atoms with Gasteiger partial charge in [0.1, 0.15) is 12.9 Å². The van der Waals surface area contributed by atoms with Crippen LogP contribution < -0.4 is 4.74 Å². The van der Waals surface area contributed by atoms with Gasteiger partial charge in [0.05, 0.1) is 0 Å². The number of carbonyl (C=O) groups is 1. The highest BCUT2D eigenvalue weighted by molar-refractivity contribution is 5.88. The molecular formula is C10H10N4O3. The summed E-state index contributed by atoms with van der Waals surface area (Å²) in [5.41, 5.74) is -0.116. The highest BCUT2D eigenvalue weighted by atomic mass is 16.5. The Hall–Kier alpha value is -2.44. The maximum atomic E-state index is 10.9. The molecule has 0 atom stereocenters. The molecule has 7 nitrogen and oxygen atoms in total. The third kappa shape index (κ3) is 2.39. The Bertz CT molecular complexity index is 538. The van der Waals surface area contributed by atoms with Gasteiger partial charge in [-0.05, 0) is 12.1 Å². The van der Waals surface area contributed by atoms with Gasteiger partial charge < -0.3 is 14.4 Å². The fraction of sp³-hybridized carbons (Fsp3) is 0.200. The first-order chi connectivity index (χ1) is 8.18. The van der Waals surface area contributed by atoms with Gasteiger partial charge in [-0.1, -0.05) is 0 Å². The van der Waals surface area contributed by atoms with Crippen LogP contribution >= 0.6 is 0 Å². The van der Waals surface area contributed by atoms with Crippen molar-refractivity contribution in [3.63, 3.8) is 0 Å². The summed E-state index contributed by atoms with van der Waals surface area (Å²) in [5, 5.41) is 16.4. The minimum Gasteiger partial charge on any atom is -0.483 e. The normalized spacial score (nSPS) is 10.2. The molecule has 2 aromatic heterocycles. The number of ether oxygens (including phenoxy) is 1. The predicted octanol–water partition coefficient (Wildman–Crippen LogP) is 0.487. The molecule has 0 bridgehead atoms. The van der Waals surface area contributed by atoms with Gasteiger partial charge in [-0.25, -0.2) is 9.78 Å². The van der Waals surface area contributed by atoms with Crippen LogP contribution in [0.25, 0.3) is 0 Å². The molecule has 0 fully saturated rings. The lowest BCUT2D eigenvalue weighted by Gasteiger charge is -2.07. The molecule has 2 heterocycles. The highest BCUT2D eigenvalue weighted by Gasteiger charge is 2.12. The number of nitrogens with zero attached hydrogens (tertiary/aromatic N) is 4. The van der Waals surface area contributed by atoms with Crippen LogP contribution in [0.5, 0.6) is 5.75 Å². The van der Waals surface area contributed by atoms with Crippen LogP contribution in [-0.2, 0) is 13.7 Å². The topological polar surface area (TPSA) is 90.1 Å². The SMILES string of the molecule is Cn1cnnc1COc1cccnc1C(=O)O. The third-order valence-electron chi connectivity index (χ3n) is 2.14. The molecular weight excluding hydrogens is 224 g/mol. The van der Waals surface area contributed by atoms with Crippen LogP contribution in [0.15, 0.2) is 24.7 Å². The lowest BCUT2D eigenvalue weighted by atomic mass is 10.3. The maximum absolute atomic E-state index is 10.9. The third-order valence-corrected chi connectivity index (χ3v) is 2.14. The number of hydrogen-bond acceptors (Lipinski definition) is 5. The highest BCUT2D eigenvalue weighted by Crippen LogP contribution is 2.16. The second-order valence-corrected chi connectivity index (χ2v) is 3.30. The molecule has 88 valence electrons. The summed E-state index contributed by atoms with van der Waals surface area (Å²) in [6.45, 7) is 0.141. The standard InChI is InChI=1S/C10H10N4O3/c1-14-6-12-13-8(14)5-17-7-3-2-4-11-9(7)10(15)16/h2-4,6H,5H2,1H3,(H,15,16). The fourth-order valence-electron chi connectivity index (χ4n) is 1.25. The van der Waals surface area contributed by atoms with Crippen molar-refractivity contribution in [1.29, 1.82) is 0 Å². The molecule has 1 N–H and O–H groups in total. The van der Waals surface area contributed by atoms with Crippen molar-refractivity contribution < 1.29 is 14.6 Å². The molecule has 17 heavy (non-hydrogen) atoms. The van der Waals surface area contributed by atoms with E-state index in [0.717, 1.165) is 0 Å². The van der Waals surface area contributed by atoms with Gasteiger partial charge in [-0.3, -0.25) is 0 Å². The van der Waals surface area contributed by atoms with Gasteiger partial charge >= 0.3 is 5.97 Å². The molecule has 0 aliphatic rings. The number of aromatic nitrogens is 4. The van der Waals surface area contributed by atoms with Crippen molar-refractivity contribution in [3.8, 4) is 5.75 Å². The largest absolute Gasteiger partial charge is 0.483 e. The molecule has 0 radical (unpaired) electrons. The molecule has 0 saturated carbocycles. The summed E-state index contributed by atoms with van der Waals surface area (Å²) >= 11 is 0. The Kier molecular flexibility index (Phi) is 2.99. The van der Waals surface area contributed by atoms with Crippen molar-refractivity contribution in [2.75, 3.05) is 0 Å². The van der Waals surface area contributed by atoms with E-state index >= 15 is 0 Å². The second kappa shape index (κ2) is 4.60. The first-order valence-corrected chi connectivity index (χ1v) is 4.82. The lowest BCUT2D eigenvalue weighted by Crippen LogP contribution is -2.08. The van der Waals surface area contributed by atoms with Crippen LogP contribution in [0, 0.1) is 0 Å². The van der Waals surface area contributed by atoms with E-state index in [1.807, 2.05) is 0 Å². The Balaban J connectivity index is 2.14. The molecule has 0 saturated heterocycles. The van der Waals surface area contributed by atoms with E-state index in [1.165, 1.54) is 6.20 Å². The van der Waals surface area contributed by atoms with E-state index in [9.17, 15) is 4.79 Å². The van der Waals surface area contributed by atoms with Crippen LogP contribution in [0.2, 0.25) is 0 Å². The van der Waals surface area contributed by atoms with Crippen molar-refractivity contribution in [2.24, 2.45) is 7.05 Å². The van der Waals surface area contributed by atoms with Crippen molar-refractivity contribution in [3.05, 3.63) is 36.2 Å². The van der Waals surface area contributed by atoms with E-state index in [0.29, 0.717) is 5.82 Å². The molecule has 2 aromatic rings. The second-order valence-electron chi connectivity index (χ2n) is 3.30. The zero-order valence-corrected chi connectivity index (χ0v) is 9.07. The minimum absolute atomic E-state index is 0.116. The summed E-state index contributed by atoms with van der Waals surface area (Å²) in [4.78, 5) is 14.6. The molecule has 0 unspecified atom stereocenters. The molecule has 0 aromatic carbocycles. The Morgan fingerprint density at radius 1 is 1.59 bits per heavy atom. The zero-order chi connectivity index (χ0) is 12.3. The predicted molar refractivity (Wildman–Crippen MR) is 56.5 cm³/mol. The first kappa shape index (κ1) is 11.1. The van der Waals surface area contributed by atoms with Crippen molar-refractivity contribution in [2.45, 2.75) is 6.61 Å². The molecule has 7 heteroatoms. The van der Waals surface area contributed by atoms with Gasteiger partial charge in [-0.15, -0.1) is 10.2 Å². The van der Waals surface area contributed by atoms with E-state index in [1.54, 1.807) is 30.1 Å². The summed E-state index contributed by atoms with van der Waals surface area (Å²) < 4.78 is 7.05. The average Bonchev–Trinajstić information content (AvgIpc) is 2.72. The number of carboxylic acids is 1. The molecule has 0 spiro atoms. The van der Waals surface area contributed by atoms with E-state index in [-0.39, 0.29) is 18.1 Å². The summed E-state index contributed by atoms with van der Waals surface area (Å²) in [5.74, 6) is -0.313. The number of hydrogen-bond donors (Lipinski definition) is 1. The fourth-order valence-corrected chi connectivity index (χ4v) is 1.25. The van der Waals surface area contributed by atoms with Gasteiger partial charge in [0.25, 0.3) is 0 Å². The summed E-state index contributed by atoms with van der Waals surface area (Å²) in [6.07, 6.45) is 2.94. The number of pyridine rings is 1. The molecule has 0 aliphatic heterocycles. The van der Waals surface area contributed by atoms with Crippen LogP contribution in [0.3, 0.4) is 0 Å². The van der Waals surface area contributed by atoms with Gasteiger partial charge in [-0.2, -0.15) is 0 Å². The van der Waals surface area contributed by atoms with Crippen molar-refractivity contribution >= 4 is 5.97 Å². The lowest BCUT2D eigenvalue weighted by molar-refractivity contribution is 0.0684. The van der Waals surface area contributed by atoms with Crippen molar-refractivity contribution in [1.82, 2.24) is 19.7 Å². The molecule has 0 amide bonds. The maximum Gasteiger partial charge on any atom is 0.358 e. The van der Waals surface area contributed by atoms with E-state index in [2.05, 4.69) is 15.2 Å². The molecule has 2 rings (SSSR count). The Labute approximate surface area is 96.7 Å². The van der Waals surface area contributed by atoms with Gasteiger partial charge in [0, 0.05) is 13.2 Å². The van der Waals surface area contributed by atoms with Gasteiger partial charge in [0.15, 0.2) is 17.3 Å². The summed E-state index contributed by atoms with van der Waals surface area (Å²) in [7, 11) is 1.78. The minimum atomic E-state index is -1.13. The quantitative estimate of drug-likeness (QED) is 0.827. The number of aryl methyl sites for hydroxylation is 1. The summed E-state index contributed by atoms with van der Waals surface area (Å²) in [6, 6.07) is 3.16. The number of aromatic carboxylic acids is 1. The Morgan fingerprint density at radius 2 is 2.41 bits per heavy atom. The average molecular weight is 234 g/mol. The Morgan fingerprint density at radius 3 is 3.06 bits per heavy atom. The van der Waals surface area contributed by atoms with Crippen LogP contribution in [-0.4, -0.2) is 30.8 Å². The van der Waals surface area contributed by atoms with E-state index in [4.69, 9.17) is 9.84 Å². The van der Waals surface area contributed by atoms with Crippen LogP contribution in [0.1, 0.15) is 16.3 Å². The monoisotopic (exact) mass is 234 g/mol.